The van der Waals surface area contributed by atoms with Crippen LogP contribution in [-0.2, 0) is 0 Å². The van der Waals surface area contributed by atoms with Gasteiger partial charge in [-0.1, -0.05) is 23.7 Å². The van der Waals surface area contributed by atoms with Gasteiger partial charge in [-0.05, 0) is 0 Å². The molecule has 0 saturated heterocycles. The normalized spacial score (nSPS) is 10.9. The maximum atomic E-state index is 8.93. The topological polar surface area (TPSA) is 78.8 Å². The molecule has 0 spiro atoms. The van der Waals surface area contributed by atoms with Gasteiger partial charge in [-0.15, -0.1) is 0 Å². The van der Waals surface area contributed by atoms with Gasteiger partial charge < -0.3 is 15.8 Å². The Hall–Kier alpha value is -1.04. The first-order valence-electron chi connectivity index (χ1n) is 3.94. The summed E-state index contributed by atoms with van der Waals surface area (Å²) < 4.78 is 0. The molecule has 0 saturated carbocycles. The van der Waals surface area contributed by atoms with Gasteiger partial charge in [0.2, 0.25) is 0 Å². The van der Waals surface area contributed by atoms with E-state index in [0.29, 0.717) is 11.3 Å². The minimum Gasteiger partial charge on any atom is -0.423 e. The Morgan fingerprint density at radius 2 is 2.14 bits per heavy atom. The highest BCUT2D eigenvalue weighted by molar-refractivity contribution is 6.63. The van der Waals surface area contributed by atoms with Crippen LogP contribution in [0, 0.1) is 0 Å². The van der Waals surface area contributed by atoms with Gasteiger partial charge >= 0.3 is 7.12 Å². The molecule has 4 nitrogen and oxygen atoms in total. The number of hydrogen-bond acceptors (Lipinski definition) is 4. The monoisotopic (exact) mass is 212 g/mol. The van der Waals surface area contributed by atoms with E-state index < -0.39 is 7.12 Å². The second-order valence-electron chi connectivity index (χ2n) is 2.73. The third-order valence-corrected chi connectivity index (χ3v) is 2.21. The summed E-state index contributed by atoms with van der Waals surface area (Å²) in [5.74, 6) is 0. The Bertz CT molecular complexity index is 369. The highest BCUT2D eigenvalue weighted by atomic mass is 35.5. The number of nitrogens with zero attached hydrogens (tertiary/aromatic N) is 1. The fourth-order valence-corrected chi connectivity index (χ4v) is 1.35. The number of aliphatic imine (C=N–C) groups is 1. The van der Waals surface area contributed by atoms with E-state index in [-0.39, 0.29) is 10.5 Å². The van der Waals surface area contributed by atoms with Crippen molar-refractivity contribution >= 4 is 36.1 Å². The van der Waals surface area contributed by atoms with E-state index in [1.54, 1.807) is 19.3 Å². The van der Waals surface area contributed by atoms with E-state index in [1.807, 2.05) is 0 Å². The first-order valence-corrected chi connectivity index (χ1v) is 4.32. The Balaban J connectivity index is 3.26. The molecule has 0 heterocycles. The molecular formula is C8H10BClN2O2. The standard InChI is InChI=1S/C8H10BClN2O2/c1-12-4-5-2-3-6(9(13)14)7(10)8(5)11/h2-4,13-14H,11H2,1H3. The number of anilines is 1. The molecule has 1 rings (SSSR count). The molecule has 0 fully saturated rings. The minimum atomic E-state index is -1.61. The third kappa shape index (κ3) is 2.06. The second-order valence-corrected chi connectivity index (χ2v) is 3.11. The predicted octanol–water partition coefficient (Wildman–Crippen LogP) is -0.349. The van der Waals surface area contributed by atoms with Crippen LogP contribution < -0.4 is 11.2 Å². The lowest BCUT2D eigenvalue weighted by atomic mass is 9.79. The largest absolute Gasteiger partial charge is 0.490 e. The first-order chi connectivity index (χ1) is 6.57. The van der Waals surface area contributed by atoms with Crippen LogP contribution in [0.4, 0.5) is 5.69 Å². The average Bonchev–Trinajstić information content (AvgIpc) is 2.13. The van der Waals surface area contributed by atoms with Gasteiger partial charge in [0.05, 0.1) is 10.7 Å². The van der Waals surface area contributed by atoms with Crippen LogP contribution in [0.25, 0.3) is 0 Å². The van der Waals surface area contributed by atoms with Crippen molar-refractivity contribution in [2.75, 3.05) is 12.8 Å². The van der Waals surface area contributed by atoms with E-state index in [0.717, 1.165) is 0 Å². The fraction of sp³-hybridized carbons (Fsp3) is 0.125. The van der Waals surface area contributed by atoms with E-state index in [4.69, 9.17) is 27.4 Å². The molecule has 4 N–H and O–H groups in total. The van der Waals surface area contributed by atoms with E-state index in [1.165, 1.54) is 6.07 Å². The van der Waals surface area contributed by atoms with Crippen LogP contribution in [-0.4, -0.2) is 30.4 Å². The smallest absolute Gasteiger partial charge is 0.423 e. The maximum absolute atomic E-state index is 8.93. The van der Waals surface area contributed by atoms with Crippen molar-refractivity contribution in [3.8, 4) is 0 Å². The minimum absolute atomic E-state index is 0.150. The molecule has 14 heavy (non-hydrogen) atoms. The van der Waals surface area contributed by atoms with Crippen LogP contribution in [0.15, 0.2) is 17.1 Å². The molecule has 0 aromatic heterocycles. The molecule has 0 aliphatic heterocycles. The Morgan fingerprint density at radius 3 is 2.64 bits per heavy atom. The average molecular weight is 212 g/mol. The van der Waals surface area contributed by atoms with Crippen LogP contribution in [0.5, 0.6) is 0 Å². The molecule has 0 bridgehead atoms. The van der Waals surface area contributed by atoms with Gasteiger partial charge in [0, 0.05) is 24.3 Å². The van der Waals surface area contributed by atoms with Crippen molar-refractivity contribution in [3.63, 3.8) is 0 Å². The molecular weight excluding hydrogens is 202 g/mol. The SMILES string of the molecule is CN=Cc1ccc(B(O)O)c(Cl)c1N. The molecule has 0 atom stereocenters. The predicted molar refractivity (Wildman–Crippen MR) is 59.2 cm³/mol. The zero-order valence-corrected chi connectivity index (χ0v) is 8.36. The molecule has 0 radical (unpaired) electrons. The number of nitrogen functional groups attached to an aromatic ring is 1. The molecule has 0 aliphatic rings. The highest BCUT2D eigenvalue weighted by Crippen LogP contribution is 2.19. The summed E-state index contributed by atoms with van der Waals surface area (Å²) in [5, 5.41) is 18.0. The van der Waals surface area contributed by atoms with Crippen LogP contribution in [0.1, 0.15) is 5.56 Å². The molecule has 6 heteroatoms. The molecule has 0 aliphatic carbocycles. The Morgan fingerprint density at radius 1 is 1.50 bits per heavy atom. The maximum Gasteiger partial charge on any atom is 0.490 e. The van der Waals surface area contributed by atoms with Crippen LogP contribution >= 0.6 is 11.6 Å². The second kappa shape index (κ2) is 4.46. The van der Waals surface area contributed by atoms with Gasteiger partial charge in [-0.2, -0.15) is 0 Å². The molecule has 74 valence electrons. The highest BCUT2D eigenvalue weighted by Gasteiger charge is 2.17. The lowest BCUT2D eigenvalue weighted by Crippen LogP contribution is -2.31. The van der Waals surface area contributed by atoms with Gasteiger partial charge in [0.1, 0.15) is 0 Å². The van der Waals surface area contributed by atoms with Crippen molar-refractivity contribution in [2.24, 2.45) is 4.99 Å². The summed E-state index contributed by atoms with van der Waals surface area (Å²) in [5.41, 5.74) is 6.80. The van der Waals surface area contributed by atoms with E-state index in [2.05, 4.69) is 4.99 Å². The lowest BCUT2D eigenvalue weighted by molar-refractivity contribution is 0.426. The van der Waals surface area contributed by atoms with Crippen molar-refractivity contribution in [1.82, 2.24) is 0 Å². The fourth-order valence-electron chi connectivity index (χ4n) is 1.08. The van der Waals surface area contributed by atoms with Gasteiger partial charge in [0.25, 0.3) is 0 Å². The Kier molecular flexibility index (Phi) is 3.52. The number of halogens is 1. The zero-order chi connectivity index (χ0) is 10.7. The van der Waals surface area contributed by atoms with Crippen LogP contribution in [0.2, 0.25) is 5.02 Å². The third-order valence-electron chi connectivity index (χ3n) is 1.79. The summed E-state index contributed by atoms with van der Waals surface area (Å²) >= 11 is 5.82. The van der Waals surface area contributed by atoms with Gasteiger partial charge in [-0.25, -0.2) is 0 Å². The molecule has 1 aromatic carbocycles. The zero-order valence-electron chi connectivity index (χ0n) is 7.61. The first kappa shape index (κ1) is 11.0. The summed E-state index contributed by atoms with van der Waals surface area (Å²) in [7, 11) is -0.000264. The molecule has 0 unspecified atom stereocenters. The van der Waals surface area contributed by atoms with Gasteiger partial charge in [0.15, 0.2) is 0 Å². The number of rotatable bonds is 2. The summed E-state index contributed by atoms with van der Waals surface area (Å²) in [6, 6.07) is 3.13. The molecule has 1 aromatic rings. The van der Waals surface area contributed by atoms with E-state index >= 15 is 0 Å². The van der Waals surface area contributed by atoms with Crippen molar-refractivity contribution < 1.29 is 10.0 Å². The molecule has 0 amide bonds. The van der Waals surface area contributed by atoms with Crippen LogP contribution in [0.3, 0.4) is 0 Å². The number of benzene rings is 1. The number of hydrogen-bond donors (Lipinski definition) is 3. The summed E-state index contributed by atoms with van der Waals surface area (Å²) in [6.45, 7) is 0. The summed E-state index contributed by atoms with van der Waals surface area (Å²) in [4.78, 5) is 3.79. The quantitative estimate of drug-likeness (QED) is 0.356. The summed E-state index contributed by atoms with van der Waals surface area (Å²) in [6.07, 6.45) is 1.55. The van der Waals surface area contributed by atoms with Crippen molar-refractivity contribution in [2.45, 2.75) is 0 Å². The Labute approximate surface area is 87.2 Å². The van der Waals surface area contributed by atoms with E-state index in [9.17, 15) is 0 Å². The number of nitrogens with two attached hydrogens (primary N) is 1. The van der Waals surface area contributed by atoms with Crippen molar-refractivity contribution in [3.05, 3.63) is 22.7 Å². The van der Waals surface area contributed by atoms with Gasteiger partial charge in [-0.3, -0.25) is 4.99 Å². The lowest BCUT2D eigenvalue weighted by Gasteiger charge is -2.07. The van der Waals surface area contributed by atoms with Crippen molar-refractivity contribution in [1.29, 1.82) is 0 Å².